The van der Waals surface area contributed by atoms with Gasteiger partial charge in [0, 0.05) is 26.0 Å². The molecule has 7 heteroatoms. The summed E-state index contributed by atoms with van der Waals surface area (Å²) >= 11 is 0. The van der Waals surface area contributed by atoms with Crippen LogP contribution in [-0.2, 0) is 25.6 Å². The molecule has 0 bridgehead atoms. The highest BCUT2D eigenvalue weighted by molar-refractivity contribution is 5.69. The first-order chi connectivity index (χ1) is 25.8. The van der Waals surface area contributed by atoms with Crippen LogP contribution in [0.4, 0.5) is 0 Å². The molecular weight excluding hydrogens is 663 g/mol. The Morgan fingerprint density at radius 1 is 0.472 bits per heavy atom. The summed E-state index contributed by atoms with van der Waals surface area (Å²) in [7, 11) is 4.14. The second-order valence-electron chi connectivity index (χ2n) is 15.2. The van der Waals surface area contributed by atoms with Crippen LogP contribution in [-0.4, -0.2) is 57.4 Å². The van der Waals surface area contributed by atoms with Crippen molar-refractivity contribution in [1.82, 2.24) is 4.90 Å². The molecule has 1 rings (SSSR count). The van der Waals surface area contributed by atoms with E-state index in [1.165, 1.54) is 109 Å². The van der Waals surface area contributed by atoms with E-state index in [1.807, 2.05) is 6.07 Å². The number of rotatable bonds is 36. The first-order valence-electron chi connectivity index (χ1n) is 22.2. The molecule has 0 radical (unpaired) electrons. The number of nitrogens with zero attached hydrogens (tertiary/aromatic N) is 1. The van der Waals surface area contributed by atoms with E-state index in [0.717, 1.165) is 88.7 Å². The van der Waals surface area contributed by atoms with E-state index in [0.29, 0.717) is 32.8 Å². The number of hydrogen-bond acceptors (Lipinski definition) is 7. The molecule has 0 spiro atoms. The lowest BCUT2D eigenvalue weighted by molar-refractivity contribution is -0.144. The molecule has 0 aliphatic carbocycles. The molecule has 53 heavy (non-hydrogen) atoms. The van der Waals surface area contributed by atoms with E-state index in [9.17, 15) is 9.59 Å². The normalized spacial score (nSPS) is 10.9. The molecule has 0 unspecified atom stereocenters. The van der Waals surface area contributed by atoms with E-state index in [2.05, 4.69) is 51.9 Å². The fraction of sp³-hybridized carbons (Fsp3) is 0.826. The van der Waals surface area contributed by atoms with Crippen molar-refractivity contribution in [1.29, 1.82) is 0 Å². The van der Waals surface area contributed by atoms with Gasteiger partial charge in [0.05, 0.1) is 26.4 Å². The minimum Gasteiger partial charge on any atom is -0.493 e. The second kappa shape index (κ2) is 39.4. The number of benzene rings is 1. The van der Waals surface area contributed by atoms with Crippen LogP contribution in [0.1, 0.15) is 207 Å². The lowest BCUT2D eigenvalue weighted by Gasteiger charge is -2.15. The fourth-order valence-corrected chi connectivity index (χ4v) is 6.19. The standard InChI is InChI=1S/C37H65NO6.C9H20/c1-5-6-7-8-9-14-19-24-37(40)44-28-23-18-13-12-17-22-27-43-36-30-34(32-38(3)4)29-35(31-36)42-26-21-16-11-10-15-20-25-41-33(2)39;1-3-5-7-9-8-6-4-2/h29-31H,5-28,32H2,1-4H3;3-9H2,1-2H3. The van der Waals surface area contributed by atoms with Gasteiger partial charge in [-0.1, -0.05) is 156 Å². The molecule has 0 saturated heterocycles. The topological polar surface area (TPSA) is 74.3 Å². The average molecular weight is 748 g/mol. The Labute approximate surface area is 328 Å². The third-order valence-electron chi connectivity index (χ3n) is 9.31. The zero-order valence-corrected chi connectivity index (χ0v) is 35.8. The summed E-state index contributed by atoms with van der Waals surface area (Å²) in [5.74, 6) is 1.53. The summed E-state index contributed by atoms with van der Waals surface area (Å²) in [5.41, 5.74) is 1.19. The highest BCUT2D eigenvalue weighted by Gasteiger charge is 2.06. The molecule has 1 aromatic rings. The van der Waals surface area contributed by atoms with Gasteiger partial charge in [-0.3, -0.25) is 9.59 Å². The quantitative estimate of drug-likeness (QED) is 0.0500. The van der Waals surface area contributed by atoms with Crippen LogP contribution < -0.4 is 9.47 Å². The molecule has 0 N–H and O–H groups in total. The van der Waals surface area contributed by atoms with Crippen molar-refractivity contribution in [3.05, 3.63) is 23.8 Å². The average Bonchev–Trinajstić information content (AvgIpc) is 3.12. The Bertz CT molecular complexity index is 946. The Morgan fingerprint density at radius 3 is 1.23 bits per heavy atom. The third-order valence-corrected chi connectivity index (χ3v) is 9.31. The van der Waals surface area contributed by atoms with Crippen molar-refractivity contribution >= 4 is 11.9 Å². The van der Waals surface area contributed by atoms with Gasteiger partial charge >= 0.3 is 11.9 Å². The Balaban J connectivity index is 0.00000264. The SMILES string of the molecule is CCCCCCCCC.CCCCCCCCCC(=O)OCCCCCCCCOc1cc(CN(C)C)cc(OCCCCCCCCOC(C)=O)c1. The number of esters is 2. The van der Waals surface area contributed by atoms with Gasteiger partial charge in [0.25, 0.3) is 0 Å². The Hall–Kier alpha value is -2.28. The van der Waals surface area contributed by atoms with Gasteiger partial charge in [-0.05, 0) is 63.9 Å². The summed E-state index contributed by atoms with van der Waals surface area (Å²) in [4.78, 5) is 24.8. The summed E-state index contributed by atoms with van der Waals surface area (Å²) < 4.78 is 22.6. The van der Waals surface area contributed by atoms with Crippen molar-refractivity contribution in [2.45, 2.75) is 208 Å². The molecule has 7 nitrogen and oxygen atoms in total. The highest BCUT2D eigenvalue weighted by atomic mass is 16.5. The molecule has 0 aliphatic rings. The number of ether oxygens (including phenoxy) is 4. The summed E-state index contributed by atoms with van der Waals surface area (Å²) in [6.07, 6.45) is 32.2. The zero-order chi connectivity index (χ0) is 39.0. The minimum absolute atomic E-state index is 0.0279. The van der Waals surface area contributed by atoms with Gasteiger partial charge in [0.1, 0.15) is 11.5 Å². The maximum atomic E-state index is 11.9. The van der Waals surface area contributed by atoms with E-state index in [1.54, 1.807) is 0 Å². The van der Waals surface area contributed by atoms with Crippen LogP contribution in [0, 0.1) is 0 Å². The molecule has 310 valence electrons. The maximum absolute atomic E-state index is 11.9. The molecule has 1 aromatic carbocycles. The van der Waals surface area contributed by atoms with Crippen LogP contribution >= 0.6 is 0 Å². The number of carbonyl (C=O) groups excluding carboxylic acids is 2. The minimum atomic E-state index is -0.196. The monoisotopic (exact) mass is 748 g/mol. The molecule has 0 aliphatic heterocycles. The van der Waals surface area contributed by atoms with Gasteiger partial charge in [-0.25, -0.2) is 0 Å². The summed E-state index contributed by atoms with van der Waals surface area (Å²) in [5, 5.41) is 0. The highest BCUT2D eigenvalue weighted by Crippen LogP contribution is 2.25. The largest absolute Gasteiger partial charge is 0.493 e. The van der Waals surface area contributed by atoms with E-state index in [4.69, 9.17) is 18.9 Å². The van der Waals surface area contributed by atoms with Crippen LogP contribution in [0.15, 0.2) is 18.2 Å². The van der Waals surface area contributed by atoms with Crippen molar-refractivity contribution < 1.29 is 28.5 Å². The van der Waals surface area contributed by atoms with Gasteiger partial charge in [-0.2, -0.15) is 0 Å². The van der Waals surface area contributed by atoms with Crippen LogP contribution in [0.2, 0.25) is 0 Å². The molecular formula is C46H85NO6. The summed E-state index contributed by atoms with van der Waals surface area (Å²) in [6.45, 7) is 11.6. The van der Waals surface area contributed by atoms with Crippen LogP contribution in [0.25, 0.3) is 0 Å². The van der Waals surface area contributed by atoms with E-state index in [-0.39, 0.29) is 11.9 Å². The Morgan fingerprint density at radius 2 is 0.830 bits per heavy atom. The predicted octanol–water partition coefficient (Wildman–Crippen LogP) is 13.2. The van der Waals surface area contributed by atoms with Gasteiger partial charge in [0.2, 0.25) is 0 Å². The van der Waals surface area contributed by atoms with Crippen molar-refractivity contribution in [2.75, 3.05) is 40.5 Å². The zero-order valence-electron chi connectivity index (χ0n) is 35.8. The van der Waals surface area contributed by atoms with Gasteiger partial charge in [0.15, 0.2) is 0 Å². The lowest BCUT2D eigenvalue weighted by Crippen LogP contribution is -2.11. The lowest BCUT2D eigenvalue weighted by atomic mass is 10.1. The molecule has 0 fully saturated rings. The summed E-state index contributed by atoms with van der Waals surface area (Å²) in [6, 6.07) is 6.26. The first kappa shape index (κ1) is 50.7. The van der Waals surface area contributed by atoms with Crippen molar-refractivity contribution in [3.8, 4) is 11.5 Å². The molecule has 0 saturated carbocycles. The third kappa shape index (κ3) is 37.8. The van der Waals surface area contributed by atoms with E-state index >= 15 is 0 Å². The van der Waals surface area contributed by atoms with Gasteiger partial charge in [-0.15, -0.1) is 0 Å². The van der Waals surface area contributed by atoms with E-state index < -0.39 is 0 Å². The predicted molar refractivity (Wildman–Crippen MR) is 224 cm³/mol. The molecule has 0 amide bonds. The van der Waals surface area contributed by atoms with Crippen molar-refractivity contribution in [2.24, 2.45) is 0 Å². The molecule has 0 heterocycles. The number of carbonyl (C=O) groups is 2. The fourth-order valence-electron chi connectivity index (χ4n) is 6.19. The van der Waals surface area contributed by atoms with Crippen LogP contribution in [0.5, 0.6) is 11.5 Å². The molecule has 0 aromatic heterocycles. The van der Waals surface area contributed by atoms with Gasteiger partial charge < -0.3 is 23.8 Å². The number of hydrogen-bond donors (Lipinski definition) is 0. The second-order valence-corrected chi connectivity index (χ2v) is 15.2. The smallest absolute Gasteiger partial charge is 0.305 e. The first-order valence-corrected chi connectivity index (χ1v) is 22.2. The molecule has 0 atom stereocenters. The van der Waals surface area contributed by atoms with Crippen LogP contribution in [0.3, 0.4) is 0 Å². The maximum Gasteiger partial charge on any atom is 0.305 e. The number of unbranched alkanes of at least 4 members (excludes halogenated alkanes) is 22. The van der Waals surface area contributed by atoms with Crippen molar-refractivity contribution in [3.63, 3.8) is 0 Å². The Kier molecular flexibility index (Phi) is 37.7.